The van der Waals surface area contributed by atoms with Crippen LogP contribution in [-0.2, 0) is 10.9 Å². The van der Waals surface area contributed by atoms with Crippen LogP contribution in [0.4, 0.5) is 46.5 Å². The summed E-state index contributed by atoms with van der Waals surface area (Å²) in [4.78, 5) is 4.10. The van der Waals surface area contributed by atoms with Gasteiger partial charge < -0.3 is 24.6 Å². The van der Waals surface area contributed by atoms with E-state index in [9.17, 15) is 45.3 Å². The van der Waals surface area contributed by atoms with Crippen molar-refractivity contribution >= 4 is 11.4 Å². The number of rotatable bonds is 5. The lowest BCUT2D eigenvalue weighted by Gasteiger charge is -2.38. The van der Waals surface area contributed by atoms with Crippen LogP contribution in [0.1, 0.15) is 29.9 Å². The summed E-state index contributed by atoms with van der Waals surface area (Å²) in [5, 5.41) is 19.6. The van der Waals surface area contributed by atoms with Crippen molar-refractivity contribution in [2.45, 2.75) is 43.4 Å². The Hall–Kier alpha value is -3.62. The van der Waals surface area contributed by atoms with Gasteiger partial charge in [-0.15, -0.1) is 0 Å². The third-order valence-electron chi connectivity index (χ3n) is 8.91. The number of aliphatic hydroxyl groups is 1. The van der Waals surface area contributed by atoms with Gasteiger partial charge in [-0.05, 0) is 71.8 Å². The van der Waals surface area contributed by atoms with Gasteiger partial charge in [-0.1, -0.05) is 12.1 Å². The smallest absolute Gasteiger partial charge is 0.420 e. The van der Waals surface area contributed by atoms with Gasteiger partial charge in [0.2, 0.25) is 0 Å². The van der Waals surface area contributed by atoms with E-state index in [1.165, 1.54) is 18.2 Å². The highest BCUT2D eigenvalue weighted by Gasteiger charge is 2.51. The molecule has 3 aromatic rings. The maximum absolute atomic E-state index is 14.6. The number of aromatic hydroxyl groups is 1. The fourth-order valence-corrected chi connectivity index (χ4v) is 6.43. The van der Waals surface area contributed by atoms with Gasteiger partial charge in [-0.3, -0.25) is 4.90 Å². The molecule has 0 spiro atoms. The molecule has 4 unspecified atom stereocenters. The molecule has 14 heteroatoms. The standard InChI is InChI=1S/C32H30F8N2O4/c33-23-13-19(11-21(29(23)43)31(35,36)37)17-1-3-25-27(15-17)46-28-16-18(20-12-22(32(38,39)40)30(44)24(34)14-20)2-4-26(28)42(25)6-5-41-7-9-45-10-8-41/h1-4,11,13,15-16,20,22,24,30,43-44H,5-10,12,14H2. The van der Waals surface area contributed by atoms with Crippen LogP contribution >= 0.6 is 0 Å². The molecular weight excluding hydrogens is 628 g/mol. The summed E-state index contributed by atoms with van der Waals surface area (Å²) in [6, 6.07) is 10.8. The molecule has 2 aliphatic heterocycles. The first-order valence-corrected chi connectivity index (χ1v) is 14.7. The highest BCUT2D eigenvalue weighted by Crippen LogP contribution is 2.51. The monoisotopic (exact) mass is 658 g/mol. The number of hydrogen-bond acceptors (Lipinski definition) is 6. The van der Waals surface area contributed by atoms with Crippen LogP contribution in [0.2, 0.25) is 0 Å². The van der Waals surface area contributed by atoms with Gasteiger partial charge in [0.1, 0.15) is 11.7 Å². The minimum Gasteiger partial charge on any atom is -0.504 e. The minimum atomic E-state index is -5.02. The van der Waals surface area contributed by atoms with E-state index in [0.717, 1.165) is 6.07 Å². The highest BCUT2D eigenvalue weighted by molar-refractivity contribution is 5.81. The van der Waals surface area contributed by atoms with Gasteiger partial charge in [0.05, 0.1) is 36.6 Å². The third-order valence-corrected chi connectivity index (χ3v) is 8.91. The van der Waals surface area contributed by atoms with Crippen LogP contribution < -0.4 is 9.64 Å². The SMILES string of the molecule is Oc1c(F)cc(-c2ccc3c(c2)Oc2cc(C4CC(F)C(O)C(C(F)(F)F)C4)ccc2N3CCN2CCOCC2)cc1C(F)(F)F. The number of benzene rings is 3. The zero-order valence-electron chi connectivity index (χ0n) is 24.2. The fourth-order valence-electron chi connectivity index (χ4n) is 6.43. The quantitative estimate of drug-likeness (QED) is 0.276. The molecule has 2 fully saturated rings. The molecule has 2 N–H and O–H groups in total. The van der Waals surface area contributed by atoms with E-state index in [-0.39, 0.29) is 29.0 Å². The average molecular weight is 659 g/mol. The predicted molar refractivity (Wildman–Crippen MR) is 152 cm³/mol. The Labute approximate surface area is 258 Å². The van der Waals surface area contributed by atoms with Crippen molar-refractivity contribution in [2.24, 2.45) is 5.92 Å². The first kappa shape index (κ1) is 32.3. The Kier molecular flexibility index (Phi) is 8.57. The first-order valence-electron chi connectivity index (χ1n) is 14.7. The number of aliphatic hydroxyl groups excluding tert-OH is 1. The van der Waals surface area contributed by atoms with E-state index in [2.05, 4.69) is 4.90 Å². The van der Waals surface area contributed by atoms with Crippen LogP contribution in [0.5, 0.6) is 17.2 Å². The van der Waals surface area contributed by atoms with Gasteiger partial charge >= 0.3 is 12.4 Å². The predicted octanol–water partition coefficient (Wildman–Crippen LogP) is 7.55. The second-order valence-corrected chi connectivity index (χ2v) is 11.8. The molecule has 6 rings (SSSR count). The lowest BCUT2D eigenvalue weighted by molar-refractivity contribution is -0.219. The topological polar surface area (TPSA) is 65.4 Å². The Morgan fingerprint density at radius 3 is 2.17 bits per heavy atom. The number of nitrogens with zero attached hydrogens (tertiary/aromatic N) is 2. The van der Waals surface area contributed by atoms with Gasteiger partial charge in [-0.2, -0.15) is 26.3 Å². The second-order valence-electron chi connectivity index (χ2n) is 11.8. The zero-order valence-corrected chi connectivity index (χ0v) is 24.2. The number of hydrogen-bond donors (Lipinski definition) is 2. The molecule has 46 heavy (non-hydrogen) atoms. The van der Waals surface area contributed by atoms with Crippen LogP contribution in [0.25, 0.3) is 11.1 Å². The number of phenols is 1. The maximum Gasteiger partial charge on any atom is 0.420 e. The summed E-state index contributed by atoms with van der Waals surface area (Å²) in [7, 11) is 0. The van der Waals surface area contributed by atoms with Crippen molar-refractivity contribution in [1.82, 2.24) is 4.90 Å². The van der Waals surface area contributed by atoms with Crippen molar-refractivity contribution in [3.05, 3.63) is 65.5 Å². The molecule has 0 amide bonds. The number of alkyl halides is 7. The molecule has 0 radical (unpaired) electrons. The summed E-state index contributed by atoms with van der Waals surface area (Å²) in [5.41, 5.74) is -0.0386. The van der Waals surface area contributed by atoms with Crippen LogP contribution in [-0.4, -0.2) is 73.0 Å². The Bertz CT molecular complexity index is 1590. The Morgan fingerprint density at radius 1 is 0.826 bits per heavy atom. The van der Waals surface area contributed by atoms with Crippen molar-refractivity contribution in [3.63, 3.8) is 0 Å². The minimum absolute atomic E-state index is 0.158. The molecule has 4 atom stereocenters. The van der Waals surface area contributed by atoms with E-state index < -0.39 is 60.0 Å². The van der Waals surface area contributed by atoms with Crippen LogP contribution in [0.3, 0.4) is 0 Å². The van der Waals surface area contributed by atoms with Crippen molar-refractivity contribution in [2.75, 3.05) is 44.3 Å². The van der Waals surface area contributed by atoms with E-state index in [4.69, 9.17) is 9.47 Å². The second kappa shape index (κ2) is 12.2. The number of morpholine rings is 1. The van der Waals surface area contributed by atoms with Gasteiger partial charge in [-0.25, -0.2) is 8.78 Å². The molecule has 1 saturated heterocycles. The molecule has 6 nitrogen and oxygen atoms in total. The van der Waals surface area contributed by atoms with Gasteiger partial charge in [0, 0.05) is 26.2 Å². The summed E-state index contributed by atoms with van der Waals surface area (Å²) in [6.07, 6.45) is -14.9. The lowest BCUT2D eigenvalue weighted by Crippen LogP contribution is -2.45. The zero-order chi connectivity index (χ0) is 33.0. The third kappa shape index (κ3) is 6.34. The molecule has 1 saturated carbocycles. The van der Waals surface area contributed by atoms with E-state index in [1.54, 1.807) is 18.2 Å². The number of fused-ring (bicyclic) bond motifs is 2. The average Bonchev–Trinajstić information content (AvgIpc) is 3.00. The summed E-state index contributed by atoms with van der Waals surface area (Å²) >= 11 is 0. The van der Waals surface area contributed by atoms with E-state index >= 15 is 0 Å². The van der Waals surface area contributed by atoms with Crippen LogP contribution in [0, 0.1) is 11.7 Å². The number of ether oxygens (including phenoxy) is 2. The molecule has 248 valence electrons. The fraction of sp³-hybridized carbons (Fsp3) is 0.438. The molecule has 2 heterocycles. The number of halogens is 8. The lowest BCUT2D eigenvalue weighted by atomic mass is 9.75. The normalized spacial score (nSPS) is 23.9. The summed E-state index contributed by atoms with van der Waals surface area (Å²) in [6.45, 7) is 3.57. The largest absolute Gasteiger partial charge is 0.504 e. The number of phenolic OH excluding ortho intramolecular Hbond substituents is 1. The van der Waals surface area contributed by atoms with Crippen molar-refractivity contribution in [1.29, 1.82) is 0 Å². The highest BCUT2D eigenvalue weighted by atomic mass is 19.4. The van der Waals surface area contributed by atoms with Gasteiger partial charge in [0.15, 0.2) is 23.1 Å². The molecule has 0 aromatic heterocycles. The number of anilines is 2. The molecule has 3 aromatic carbocycles. The summed E-state index contributed by atoms with van der Waals surface area (Å²) < 4.78 is 122. The van der Waals surface area contributed by atoms with Crippen LogP contribution in [0.15, 0.2) is 48.5 Å². The molecule has 0 bridgehead atoms. The molecule has 3 aliphatic rings. The maximum atomic E-state index is 14.6. The Morgan fingerprint density at radius 2 is 1.50 bits per heavy atom. The summed E-state index contributed by atoms with van der Waals surface area (Å²) in [5.74, 6) is -5.64. The van der Waals surface area contributed by atoms with Crippen molar-refractivity contribution < 1.29 is 54.8 Å². The van der Waals surface area contributed by atoms with Gasteiger partial charge in [0.25, 0.3) is 0 Å². The molecular formula is C32H30F8N2O4. The Balaban J connectivity index is 1.37. The van der Waals surface area contributed by atoms with E-state index in [1.807, 2.05) is 4.90 Å². The van der Waals surface area contributed by atoms with E-state index in [0.29, 0.717) is 62.4 Å². The first-order chi connectivity index (χ1) is 21.7. The van der Waals surface area contributed by atoms with Crippen molar-refractivity contribution in [3.8, 4) is 28.4 Å². The molecule has 1 aliphatic carbocycles.